The van der Waals surface area contributed by atoms with Crippen molar-refractivity contribution in [3.63, 3.8) is 0 Å². The zero-order valence-corrected chi connectivity index (χ0v) is 14.0. The predicted octanol–water partition coefficient (Wildman–Crippen LogP) is 2.45. The minimum Gasteiger partial charge on any atom is -0.598 e. The molecule has 0 heterocycles. The lowest BCUT2D eigenvalue weighted by atomic mass is 9.94. The molecule has 122 valence electrons. The van der Waals surface area contributed by atoms with Gasteiger partial charge in [0.05, 0.1) is 0 Å². The molecule has 2 rings (SSSR count). The summed E-state index contributed by atoms with van der Waals surface area (Å²) in [4.78, 5) is 13.8. The summed E-state index contributed by atoms with van der Waals surface area (Å²) in [7, 11) is 3.50. The summed E-state index contributed by atoms with van der Waals surface area (Å²) < 4.78 is 19.9. The summed E-state index contributed by atoms with van der Waals surface area (Å²) >= 11 is -0.965. The van der Waals surface area contributed by atoms with Gasteiger partial charge in [0.2, 0.25) is 0 Å². The molecule has 1 atom stereocenters. The van der Waals surface area contributed by atoms with Gasteiger partial charge >= 0.3 is 6.09 Å². The van der Waals surface area contributed by atoms with Gasteiger partial charge in [-0.1, -0.05) is 30.3 Å². The molecule has 6 heteroatoms. The third kappa shape index (κ3) is 4.63. The highest BCUT2D eigenvalue weighted by Crippen LogP contribution is 2.26. The van der Waals surface area contributed by atoms with Crippen LogP contribution in [-0.2, 0) is 22.7 Å². The van der Waals surface area contributed by atoms with Crippen LogP contribution >= 0.6 is 0 Å². The molecule has 1 N–H and O–H groups in total. The van der Waals surface area contributed by atoms with E-state index in [0.717, 1.165) is 31.2 Å². The molecule has 1 aliphatic carbocycles. The third-order valence-corrected chi connectivity index (χ3v) is 5.67. The van der Waals surface area contributed by atoms with E-state index in [-0.39, 0.29) is 17.4 Å². The van der Waals surface area contributed by atoms with Gasteiger partial charge in [0, 0.05) is 31.5 Å². The van der Waals surface area contributed by atoms with Gasteiger partial charge < -0.3 is 14.2 Å². The Morgan fingerprint density at radius 1 is 1.32 bits per heavy atom. The summed E-state index contributed by atoms with van der Waals surface area (Å²) in [6, 6.07) is 9.84. The molecule has 5 nitrogen and oxygen atoms in total. The van der Waals surface area contributed by atoms with Crippen molar-refractivity contribution in [2.75, 3.05) is 14.1 Å². The van der Waals surface area contributed by atoms with Crippen LogP contribution in [0.15, 0.2) is 30.3 Å². The number of ether oxygens (including phenoxy) is 1. The fraction of sp³-hybridized carbons (Fsp3) is 0.562. The quantitative estimate of drug-likeness (QED) is 0.845. The standard InChI is InChI=1S/C16H24N2O3S/c1-17-22(20)15-10-8-14(9-11-15)18(2)16(19)21-12-13-6-4-3-5-7-13/h3-7,14-15,17H,8-12H2,1-2H3. The smallest absolute Gasteiger partial charge is 0.410 e. The lowest BCUT2D eigenvalue weighted by Gasteiger charge is -2.33. The van der Waals surface area contributed by atoms with Crippen LogP contribution in [0.3, 0.4) is 0 Å². The van der Waals surface area contributed by atoms with Crippen molar-refractivity contribution >= 4 is 17.5 Å². The Balaban J connectivity index is 1.77. The first-order valence-corrected chi connectivity index (χ1v) is 8.84. The molecule has 0 aromatic heterocycles. The molecule has 1 unspecified atom stereocenters. The maximum atomic E-state index is 12.1. The number of nitrogens with zero attached hydrogens (tertiary/aromatic N) is 1. The third-order valence-electron chi connectivity index (χ3n) is 4.19. The van der Waals surface area contributed by atoms with Gasteiger partial charge in [0.1, 0.15) is 11.9 Å². The lowest BCUT2D eigenvalue weighted by molar-refractivity contribution is 0.0837. The predicted molar refractivity (Wildman–Crippen MR) is 87.6 cm³/mol. The highest BCUT2D eigenvalue weighted by atomic mass is 32.2. The van der Waals surface area contributed by atoms with E-state index in [1.807, 2.05) is 30.3 Å². The zero-order valence-electron chi connectivity index (χ0n) is 13.2. The number of benzene rings is 1. The van der Waals surface area contributed by atoms with E-state index in [1.165, 1.54) is 0 Å². The Hall–Kier alpha value is -1.24. The molecule has 0 saturated heterocycles. The van der Waals surface area contributed by atoms with E-state index in [2.05, 4.69) is 4.72 Å². The molecule has 1 amide bonds. The molecule has 0 radical (unpaired) electrons. The van der Waals surface area contributed by atoms with E-state index in [1.54, 1.807) is 19.0 Å². The summed E-state index contributed by atoms with van der Waals surface area (Å²) in [5.74, 6) is 0. The SMILES string of the molecule is CN[S+]([O-])C1CCC(N(C)C(=O)OCc2ccccc2)CC1. The summed E-state index contributed by atoms with van der Waals surface area (Å²) in [6.07, 6.45) is 3.19. The van der Waals surface area contributed by atoms with Crippen molar-refractivity contribution in [2.45, 2.75) is 43.6 Å². The van der Waals surface area contributed by atoms with Crippen molar-refractivity contribution < 1.29 is 14.1 Å². The van der Waals surface area contributed by atoms with Crippen LogP contribution in [-0.4, -0.2) is 40.9 Å². The van der Waals surface area contributed by atoms with Crippen molar-refractivity contribution in [2.24, 2.45) is 0 Å². The summed E-state index contributed by atoms with van der Waals surface area (Å²) in [5.41, 5.74) is 0.984. The van der Waals surface area contributed by atoms with Crippen molar-refractivity contribution in [1.29, 1.82) is 0 Å². The second kappa shape index (κ2) is 8.41. The molecular formula is C16H24N2O3S. The van der Waals surface area contributed by atoms with Crippen molar-refractivity contribution in [3.05, 3.63) is 35.9 Å². The molecule has 1 aliphatic rings. The van der Waals surface area contributed by atoms with Crippen LogP contribution in [0, 0.1) is 0 Å². The van der Waals surface area contributed by atoms with Crippen LogP contribution < -0.4 is 4.72 Å². The maximum absolute atomic E-state index is 12.1. The number of rotatable bonds is 5. The normalized spacial score (nSPS) is 22.9. The largest absolute Gasteiger partial charge is 0.598 e. The molecule has 1 fully saturated rings. The van der Waals surface area contributed by atoms with Crippen LogP contribution in [0.25, 0.3) is 0 Å². The number of carbonyl (C=O) groups excluding carboxylic acids is 1. The second-order valence-corrected chi connectivity index (χ2v) is 7.25. The van der Waals surface area contributed by atoms with Gasteiger partial charge in [-0.15, -0.1) is 4.72 Å². The molecular weight excluding hydrogens is 300 g/mol. The molecule has 0 bridgehead atoms. The van der Waals surface area contributed by atoms with Crippen molar-refractivity contribution in [3.8, 4) is 0 Å². The number of hydrogen-bond acceptors (Lipinski definition) is 4. The second-order valence-electron chi connectivity index (χ2n) is 5.58. The number of nitrogens with one attached hydrogen (secondary N) is 1. The van der Waals surface area contributed by atoms with Gasteiger partial charge in [0.25, 0.3) is 0 Å². The van der Waals surface area contributed by atoms with E-state index < -0.39 is 11.4 Å². The zero-order chi connectivity index (χ0) is 15.9. The number of carbonyl (C=O) groups is 1. The van der Waals surface area contributed by atoms with E-state index in [4.69, 9.17) is 4.74 Å². The van der Waals surface area contributed by atoms with Gasteiger partial charge in [-0.3, -0.25) is 0 Å². The summed E-state index contributed by atoms with van der Waals surface area (Å²) in [6.45, 7) is 0.295. The highest BCUT2D eigenvalue weighted by Gasteiger charge is 2.32. The van der Waals surface area contributed by atoms with Gasteiger partial charge in [0.15, 0.2) is 0 Å². The van der Waals surface area contributed by atoms with Gasteiger partial charge in [-0.25, -0.2) is 4.79 Å². The Morgan fingerprint density at radius 3 is 2.55 bits per heavy atom. The topological polar surface area (TPSA) is 64.6 Å². The first-order valence-electron chi connectivity index (χ1n) is 7.63. The van der Waals surface area contributed by atoms with Crippen LogP contribution in [0.4, 0.5) is 4.79 Å². The monoisotopic (exact) mass is 324 g/mol. The molecule has 0 aliphatic heterocycles. The van der Waals surface area contributed by atoms with Crippen molar-refractivity contribution in [1.82, 2.24) is 9.62 Å². The Morgan fingerprint density at radius 2 is 1.95 bits per heavy atom. The minimum absolute atomic E-state index is 0.174. The average molecular weight is 324 g/mol. The fourth-order valence-corrected chi connectivity index (χ4v) is 3.82. The first kappa shape index (κ1) is 17.1. The molecule has 0 spiro atoms. The van der Waals surface area contributed by atoms with Crippen LogP contribution in [0.1, 0.15) is 31.2 Å². The number of hydrogen-bond donors (Lipinski definition) is 1. The Labute approximate surface area is 135 Å². The fourth-order valence-electron chi connectivity index (χ4n) is 2.78. The van der Waals surface area contributed by atoms with Crippen LogP contribution in [0.5, 0.6) is 0 Å². The Bertz CT molecular complexity index is 464. The molecule has 1 saturated carbocycles. The average Bonchev–Trinajstić information content (AvgIpc) is 2.59. The maximum Gasteiger partial charge on any atom is 0.410 e. The molecule has 22 heavy (non-hydrogen) atoms. The number of amides is 1. The van der Waals surface area contributed by atoms with Gasteiger partial charge in [-0.2, -0.15) is 0 Å². The summed E-state index contributed by atoms with van der Waals surface area (Å²) in [5, 5.41) is 0.190. The van der Waals surface area contributed by atoms with E-state index in [0.29, 0.717) is 6.61 Å². The van der Waals surface area contributed by atoms with E-state index >= 15 is 0 Å². The van der Waals surface area contributed by atoms with Gasteiger partial charge in [-0.05, 0) is 31.2 Å². The lowest BCUT2D eigenvalue weighted by Crippen LogP contribution is -2.43. The first-order chi connectivity index (χ1) is 10.6. The van der Waals surface area contributed by atoms with E-state index in [9.17, 15) is 9.35 Å². The molecule has 1 aromatic rings. The highest BCUT2D eigenvalue weighted by molar-refractivity contribution is 7.90. The Kier molecular flexibility index (Phi) is 6.54. The molecule has 1 aromatic carbocycles. The van der Waals surface area contributed by atoms with Crippen LogP contribution in [0.2, 0.25) is 0 Å². The minimum atomic E-state index is -0.965.